The topological polar surface area (TPSA) is 68.2 Å². The van der Waals surface area contributed by atoms with Crippen LogP contribution in [-0.2, 0) is 0 Å². The Morgan fingerprint density at radius 1 is 1.09 bits per heavy atom. The third kappa shape index (κ3) is 2.76. The van der Waals surface area contributed by atoms with E-state index in [9.17, 15) is 4.79 Å². The van der Waals surface area contributed by atoms with E-state index in [1.165, 1.54) is 0 Å². The van der Waals surface area contributed by atoms with Gasteiger partial charge in [0.1, 0.15) is 17.5 Å². The highest BCUT2D eigenvalue weighted by molar-refractivity contribution is 5.92. The number of hydrogen-bond acceptors (Lipinski definition) is 5. The van der Waals surface area contributed by atoms with Gasteiger partial charge in [0.2, 0.25) is 0 Å². The number of ether oxygens (including phenoxy) is 1. The van der Waals surface area contributed by atoms with Gasteiger partial charge in [-0.25, -0.2) is 4.98 Å². The summed E-state index contributed by atoms with van der Waals surface area (Å²) in [4.78, 5) is 26.9. The fourth-order valence-electron chi connectivity index (χ4n) is 3.71. The Kier molecular flexibility index (Phi) is 3.65. The summed E-state index contributed by atoms with van der Waals surface area (Å²) in [5.74, 6) is 0.788. The molecule has 2 atom stereocenters. The lowest BCUT2D eigenvalue weighted by atomic mass is 9.99. The minimum Gasteiger partial charge on any atom is -0.489 e. The van der Waals surface area contributed by atoms with E-state index >= 15 is 0 Å². The Bertz CT molecular complexity index is 666. The van der Waals surface area contributed by atoms with Gasteiger partial charge in [0.15, 0.2) is 0 Å². The number of carbonyl (C=O) groups is 1. The zero-order valence-corrected chi connectivity index (χ0v) is 12.7. The van der Waals surface area contributed by atoms with Crippen LogP contribution in [0, 0.1) is 0 Å². The minimum atomic E-state index is -0.00886. The number of aromatic nitrogens is 3. The van der Waals surface area contributed by atoms with E-state index in [1.807, 2.05) is 17.0 Å². The van der Waals surface area contributed by atoms with E-state index in [2.05, 4.69) is 15.0 Å². The van der Waals surface area contributed by atoms with Gasteiger partial charge in [-0.15, -0.1) is 0 Å². The molecule has 2 aromatic heterocycles. The fraction of sp³-hybridized carbons (Fsp3) is 0.412. The maximum absolute atomic E-state index is 12.7. The summed E-state index contributed by atoms with van der Waals surface area (Å²) in [6.07, 6.45) is 12.1. The second-order valence-electron chi connectivity index (χ2n) is 6.09. The standard InChI is InChI=1S/C17H18N4O2/c22-17(16-11-19-6-7-20-16)21-12-3-4-13(21)9-15(8-12)23-14-2-1-5-18-10-14/h1-2,5-7,10-13,15H,3-4,8-9H2. The van der Waals surface area contributed by atoms with Gasteiger partial charge in [-0.05, 0) is 25.0 Å². The van der Waals surface area contributed by atoms with E-state index in [0.717, 1.165) is 31.4 Å². The summed E-state index contributed by atoms with van der Waals surface area (Å²) in [5.41, 5.74) is 0.427. The third-order valence-corrected chi connectivity index (χ3v) is 4.64. The first-order valence-electron chi connectivity index (χ1n) is 7.96. The van der Waals surface area contributed by atoms with E-state index in [0.29, 0.717) is 5.69 Å². The molecule has 0 aliphatic carbocycles. The van der Waals surface area contributed by atoms with Crippen molar-refractivity contribution in [2.45, 2.75) is 43.9 Å². The van der Waals surface area contributed by atoms with Gasteiger partial charge < -0.3 is 9.64 Å². The molecule has 0 radical (unpaired) electrons. The zero-order chi connectivity index (χ0) is 15.6. The van der Waals surface area contributed by atoms with Crippen LogP contribution in [0.15, 0.2) is 43.1 Å². The van der Waals surface area contributed by atoms with Crippen molar-refractivity contribution in [2.24, 2.45) is 0 Å². The summed E-state index contributed by atoms with van der Waals surface area (Å²) in [6.45, 7) is 0. The first-order valence-corrected chi connectivity index (χ1v) is 7.96. The van der Waals surface area contributed by atoms with Crippen molar-refractivity contribution >= 4 is 5.91 Å². The lowest BCUT2D eigenvalue weighted by molar-refractivity contribution is 0.0353. The first kappa shape index (κ1) is 14.1. The number of amides is 1. The first-order chi connectivity index (χ1) is 11.3. The predicted molar refractivity (Wildman–Crippen MR) is 82.9 cm³/mol. The van der Waals surface area contributed by atoms with E-state index in [-0.39, 0.29) is 24.1 Å². The monoisotopic (exact) mass is 310 g/mol. The Labute approximate surface area is 134 Å². The summed E-state index contributed by atoms with van der Waals surface area (Å²) in [5, 5.41) is 0. The second-order valence-corrected chi connectivity index (χ2v) is 6.09. The van der Waals surface area contributed by atoms with Crippen LogP contribution in [0.4, 0.5) is 0 Å². The quantitative estimate of drug-likeness (QED) is 0.868. The fourth-order valence-corrected chi connectivity index (χ4v) is 3.71. The summed E-state index contributed by atoms with van der Waals surface area (Å²) < 4.78 is 6.04. The van der Waals surface area contributed by atoms with Gasteiger partial charge in [0, 0.05) is 43.5 Å². The van der Waals surface area contributed by atoms with Crippen molar-refractivity contribution in [3.8, 4) is 5.75 Å². The molecule has 1 amide bonds. The molecule has 2 fully saturated rings. The molecule has 2 bridgehead atoms. The van der Waals surface area contributed by atoms with E-state index in [4.69, 9.17) is 4.74 Å². The highest BCUT2D eigenvalue weighted by Gasteiger charge is 2.44. The number of fused-ring (bicyclic) bond motifs is 2. The van der Waals surface area contributed by atoms with Gasteiger partial charge in [-0.2, -0.15) is 0 Å². The van der Waals surface area contributed by atoms with Crippen LogP contribution in [0.2, 0.25) is 0 Å². The molecule has 118 valence electrons. The number of piperidine rings is 1. The van der Waals surface area contributed by atoms with Crippen molar-refractivity contribution < 1.29 is 9.53 Å². The van der Waals surface area contributed by atoms with Crippen LogP contribution in [-0.4, -0.2) is 43.9 Å². The van der Waals surface area contributed by atoms with Crippen LogP contribution in [0.1, 0.15) is 36.2 Å². The highest BCUT2D eigenvalue weighted by Crippen LogP contribution is 2.37. The van der Waals surface area contributed by atoms with Crippen LogP contribution in [0.5, 0.6) is 5.75 Å². The molecule has 0 N–H and O–H groups in total. The molecule has 4 rings (SSSR count). The maximum Gasteiger partial charge on any atom is 0.274 e. The molecule has 0 spiro atoms. The molecule has 2 aromatic rings. The Hall–Kier alpha value is -2.50. The SMILES string of the molecule is O=C(c1cnccn1)N1C2CCC1CC(Oc1cccnc1)C2. The molecule has 23 heavy (non-hydrogen) atoms. The van der Waals surface area contributed by atoms with Gasteiger partial charge in [-0.1, -0.05) is 0 Å². The van der Waals surface area contributed by atoms with Crippen molar-refractivity contribution in [3.63, 3.8) is 0 Å². The van der Waals surface area contributed by atoms with Crippen LogP contribution >= 0.6 is 0 Å². The summed E-state index contributed by atoms with van der Waals surface area (Å²) in [6, 6.07) is 4.25. The number of nitrogens with zero attached hydrogens (tertiary/aromatic N) is 4. The molecule has 4 heterocycles. The summed E-state index contributed by atoms with van der Waals surface area (Å²) in [7, 11) is 0. The molecule has 2 unspecified atom stereocenters. The van der Waals surface area contributed by atoms with Gasteiger partial charge in [-0.3, -0.25) is 14.8 Å². The Morgan fingerprint density at radius 2 is 1.87 bits per heavy atom. The average Bonchev–Trinajstić information content (AvgIpc) is 2.87. The van der Waals surface area contributed by atoms with Crippen molar-refractivity contribution in [2.75, 3.05) is 0 Å². The molecule has 2 aliphatic rings. The molecule has 0 saturated carbocycles. The molecule has 2 saturated heterocycles. The number of carbonyl (C=O) groups excluding carboxylic acids is 1. The van der Waals surface area contributed by atoms with Crippen LogP contribution in [0.25, 0.3) is 0 Å². The second kappa shape index (κ2) is 5.95. The van der Waals surface area contributed by atoms with E-state index in [1.54, 1.807) is 31.0 Å². The lowest BCUT2D eigenvalue weighted by Crippen LogP contribution is -2.49. The molecule has 6 nitrogen and oxygen atoms in total. The maximum atomic E-state index is 12.7. The molecule has 6 heteroatoms. The van der Waals surface area contributed by atoms with E-state index < -0.39 is 0 Å². The van der Waals surface area contributed by atoms with Crippen molar-refractivity contribution in [1.29, 1.82) is 0 Å². The van der Waals surface area contributed by atoms with Crippen LogP contribution < -0.4 is 4.74 Å². The Morgan fingerprint density at radius 3 is 2.52 bits per heavy atom. The number of pyridine rings is 1. The smallest absolute Gasteiger partial charge is 0.274 e. The molecule has 0 aromatic carbocycles. The van der Waals surface area contributed by atoms with Crippen molar-refractivity contribution in [1.82, 2.24) is 19.9 Å². The normalized spacial score (nSPS) is 26.1. The summed E-state index contributed by atoms with van der Waals surface area (Å²) >= 11 is 0. The number of rotatable bonds is 3. The highest BCUT2D eigenvalue weighted by atomic mass is 16.5. The van der Waals surface area contributed by atoms with Crippen LogP contribution in [0.3, 0.4) is 0 Å². The third-order valence-electron chi connectivity index (χ3n) is 4.64. The minimum absolute atomic E-state index is 0.00886. The lowest BCUT2D eigenvalue weighted by Gasteiger charge is -2.38. The average molecular weight is 310 g/mol. The largest absolute Gasteiger partial charge is 0.489 e. The molecular formula is C17H18N4O2. The molecular weight excluding hydrogens is 292 g/mol. The van der Waals surface area contributed by atoms with Gasteiger partial charge >= 0.3 is 0 Å². The zero-order valence-electron chi connectivity index (χ0n) is 12.7. The van der Waals surface area contributed by atoms with Gasteiger partial charge in [0.05, 0.1) is 12.4 Å². The van der Waals surface area contributed by atoms with Gasteiger partial charge in [0.25, 0.3) is 5.91 Å². The van der Waals surface area contributed by atoms with Crippen molar-refractivity contribution in [3.05, 3.63) is 48.8 Å². The number of hydrogen-bond donors (Lipinski definition) is 0. The Balaban J connectivity index is 1.47. The molecule has 2 aliphatic heterocycles. The predicted octanol–water partition coefficient (Wildman–Crippen LogP) is 2.09.